The largest absolute Gasteiger partial charge is 0.337 e. The van der Waals surface area contributed by atoms with Gasteiger partial charge in [-0.25, -0.2) is 4.98 Å². The van der Waals surface area contributed by atoms with Crippen molar-refractivity contribution in [2.24, 2.45) is 11.3 Å². The fourth-order valence-corrected chi connectivity index (χ4v) is 3.73. The smallest absolute Gasteiger partial charge is 0.230 e. The van der Waals surface area contributed by atoms with Crippen LogP contribution in [0.3, 0.4) is 0 Å². The molecule has 2 aromatic heterocycles. The second-order valence-corrected chi connectivity index (χ2v) is 6.75. The number of benzene rings is 1. The van der Waals surface area contributed by atoms with Crippen LogP contribution in [-0.4, -0.2) is 20.9 Å². The molecule has 0 aliphatic heterocycles. The zero-order valence-corrected chi connectivity index (χ0v) is 12.5. The number of aromatic amines is 1. The Morgan fingerprint density at radius 3 is 2.78 bits per heavy atom. The molecule has 3 saturated carbocycles. The second-order valence-electron chi connectivity index (χ2n) is 6.75. The summed E-state index contributed by atoms with van der Waals surface area (Å²) in [4.78, 5) is 24.5. The number of aromatic nitrogens is 3. The zero-order valence-electron chi connectivity index (χ0n) is 12.5. The maximum atomic E-state index is 12.4. The molecular weight excluding hydrogens is 288 g/mol. The van der Waals surface area contributed by atoms with Crippen molar-refractivity contribution in [1.82, 2.24) is 15.0 Å². The van der Waals surface area contributed by atoms with Gasteiger partial charge < -0.3 is 10.3 Å². The van der Waals surface area contributed by atoms with E-state index in [0.29, 0.717) is 0 Å². The Hall–Kier alpha value is -2.69. The minimum atomic E-state index is -0.0628. The lowest BCUT2D eigenvalue weighted by Gasteiger charge is -2.60. The van der Waals surface area contributed by atoms with E-state index in [-0.39, 0.29) is 11.3 Å². The SMILES string of the molecule is O=C(Nc1ccc2nc(-c3ccccn3)[nH]c2c1)C12CC(C1)C2. The molecule has 23 heavy (non-hydrogen) atoms. The van der Waals surface area contributed by atoms with Gasteiger partial charge in [0.1, 0.15) is 5.69 Å². The molecule has 0 saturated heterocycles. The average molecular weight is 304 g/mol. The number of imidazole rings is 1. The summed E-state index contributed by atoms with van der Waals surface area (Å²) in [7, 11) is 0. The van der Waals surface area contributed by atoms with E-state index in [2.05, 4.69) is 20.3 Å². The summed E-state index contributed by atoms with van der Waals surface area (Å²) in [5.74, 6) is 1.71. The molecule has 5 nitrogen and oxygen atoms in total. The zero-order chi connectivity index (χ0) is 15.4. The van der Waals surface area contributed by atoms with Crippen LogP contribution in [0.5, 0.6) is 0 Å². The molecule has 0 spiro atoms. The molecule has 0 unspecified atom stereocenters. The third-order valence-corrected chi connectivity index (χ3v) is 5.17. The number of rotatable bonds is 3. The van der Waals surface area contributed by atoms with Gasteiger partial charge in [0, 0.05) is 11.9 Å². The average Bonchev–Trinajstić information content (AvgIpc) is 2.88. The number of H-pyrrole nitrogens is 1. The molecule has 1 amide bonds. The van der Waals surface area contributed by atoms with Crippen LogP contribution in [0.1, 0.15) is 19.3 Å². The van der Waals surface area contributed by atoms with E-state index in [0.717, 1.165) is 53.4 Å². The molecule has 3 aliphatic rings. The van der Waals surface area contributed by atoms with Gasteiger partial charge in [-0.2, -0.15) is 0 Å². The van der Waals surface area contributed by atoms with Crippen LogP contribution in [0.25, 0.3) is 22.6 Å². The highest BCUT2D eigenvalue weighted by atomic mass is 16.2. The topological polar surface area (TPSA) is 70.7 Å². The molecule has 3 aliphatic carbocycles. The van der Waals surface area contributed by atoms with E-state index in [4.69, 9.17) is 0 Å². The van der Waals surface area contributed by atoms with Gasteiger partial charge in [0.2, 0.25) is 5.91 Å². The van der Waals surface area contributed by atoms with Crippen molar-refractivity contribution >= 4 is 22.6 Å². The number of pyridine rings is 1. The number of hydrogen-bond acceptors (Lipinski definition) is 3. The number of amides is 1. The summed E-state index contributed by atoms with van der Waals surface area (Å²) in [6.07, 6.45) is 4.94. The third kappa shape index (κ3) is 1.89. The Morgan fingerprint density at radius 1 is 1.22 bits per heavy atom. The van der Waals surface area contributed by atoms with Gasteiger partial charge in [-0.05, 0) is 55.5 Å². The van der Waals surface area contributed by atoms with Crippen molar-refractivity contribution in [1.29, 1.82) is 0 Å². The summed E-state index contributed by atoms with van der Waals surface area (Å²) < 4.78 is 0. The van der Waals surface area contributed by atoms with E-state index in [1.807, 2.05) is 36.4 Å². The van der Waals surface area contributed by atoms with Gasteiger partial charge in [-0.1, -0.05) is 6.07 Å². The molecule has 2 bridgehead atoms. The maximum absolute atomic E-state index is 12.4. The van der Waals surface area contributed by atoms with Crippen LogP contribution >= 0.6 is 0 Å². The summed E-state index contributed by atoms with van der Waals surface area (Å²) in [5, 5.41) is 3.06. The second kappa shape index (κ2) is 4.41. The first-order valence-electron chi connectivity index (χ1n) is 7.95. The van der Waals surface area contributed by atoms with E-state index in [1.165, 1.54) is 0 Å². The Morgan fingerprint density at radius 2 is 2.09 bits per heavy atom. The lowest BCUT2D eigenvalue weighted by Crippen LogP contribution is -2.58. The first kappa shape index (κ1) is 12.8. The molecule has 1 aromatic carbocycles. The molecule has 2 heterocycles. The van der Waals surface area contributed by atoms with Crippen LogP contribution in [0.2, 0.25) is 0 Å². The van der Waals surface area contributed by atoms with E-state index in [1.54, 1.807) is 6.20 Å². The minimum Gasteiger partial charge on any atom is -0.337 e. The normalized spacial score (nSPS) is 24.8. The summed E-state index contributed by atoms with van der Waals surface area (Å²) >= 11 is 0. The highest BCUT2D eigenvalue weighted by molar-refractivity contribution is 5.98. The molecule has 6 rings (SSSR count). The lowest BCUT2D eigenvalue weighted by molar-refractivity contribution is -0.158. The van der Waals surface area contributed by atoms with E-state index < -0.39 is 0 Å². The molecular formula is C18H16N4O. The van der Waals surface area contributed by atoms with Gasteiger partial charge in [-0.3, -0.25) is 9.78 Å². The number of carbonyl (C=O) groups excluding carboxylic acids is 1. The summed E-state index contributed by atoms with van der Waals surface area (Å²) in [5.41, 5.74) is 3.34. The fraction of sp³-hybridized carbons (Fsp3) is 0.278. The highest BCUT2D eigenvalue weighted by Crippen LogP contribution is 2.64. The Kier molecular flexibility index (Phi) is 2.46. The predicted molar refractivity (Wildman–Crippen MR) is 87.7 cm³/mol. The standard InChI is InChI=1S/C18H16N4O/c23-17(18-8-11(9-18)10-18)20-12-4-5-13-15(7-12)22-16(21-13)14-3-1-2-6-19-14/h1-7,11H,8-10H2,(H,20,23)(H,21,22). The number of nitrogens with zero attached hydrogens (tertiary/aromatic N) is 2. The van der Waals surface area contributed by atoms with Gasteiger partial charge in [0.15, 0.2) is 5.82 Å². The van der Waals surface area contributed by atoms with Crippen LogP contribution in [0.4, 0.5) is 5.69 Å². The van der Waals surface area contributed by atoms with Crippen LogP contribution in [0, 0.1) is 11.3 Å². The first-order chi connectivity index (χ1) is 11.2. The monoisotopic (exact) mass is 304 g/mol. The Bertz CT molecular complexity index is 898. The molecule has 114 valence electrons. The highest BCUT2D eigenvalue weighted by Gasteiger charge is 2.61. The van der Waals surface area contributed by atoms with E-state index >= 15 is 0 Å². The third-order valence-electron chi connectivity index (χ3n) is 5.17. The van der Waals surface area contributed by atoms with Gasteiger partial charge in [0.25, 0.3) is 0 Å². The van der Waals surface area contributed by atoms with E-state index in [9.17, 15) is 4.79 Å². The molecule has 3 fully saturated rings. The minimum absolute atomic E-state index is 0.0628. The van der Waals surface area contributed by atoms with Crippen molar-refractivity contribution in [2.75, 3.05) is 5.32 Å². The molecule has 0 atom stereocenters. The lowest BCUT2D eigenvalue weighted by atomic mass is 9.44. The van der Waals surface area contributed by atoms with Crippen molar-refractivity contribution in [3.63, 3.8) is 0 Å². The number of carbonyl (C=O) groups is 1. The molecule has 3 aromatic rings. The Labute approximate surface area is 133 Å². The first-order valence-corrected chi connectivity index (χ1v) is 7.95. The number of nitrogens with one attached hydrogen (secondary N) is 2. The number of fused-ring (bicyclic) bond motifs is 1. The van der Waals surface area contributed by atoms with Crippen LogP contribution < -0.4 is 5.32 Å². The van der Waals surface area contributed by atoms with Crippen LogP contribution in [0.15, 0.2) is 42.6 Å². The molecule has 0 radical (unpaired) electrons. The van der Waals surface area contributed by atoms with Crippen molar-refractivity contribution in [2.45, 2.75) is 19.3 Å². The Balaban J connectivity index is 1.44. The molecule has 2 N–H and O–H groups in total. The predicted octanol–water partition coefficient (Wildman–Crippen LogP) is 3.36. The fourth-order valence-electron chi connectivity index (χ4n) is 3.73. The van der Waals surface area contributed by atoms with Gasteiger partial charge in [-0.15, -0.1) is 0 Å². The van der Waals surface area contributed by atoms with Crippen molar-refractivity contribution in [3.05, 3.63) is 42.6 Å². The van der Waals surface area contributed by atoms with Gasteiger partial charge >= 0.3 is 0 Å². The van der Waals surface area contributed by atoms with Crippen LogP contribution in [-0.2, 0) is 4.79 Å². The maximum Gasteiger partial charge on any atom is 0.230 e. The van der Waals surface area contributed by atoms with Crippen molar-refractivity contribution in [3.8, 4) is 11.5 Å². The number of hydrogen-bond donors (Lipinski definition) is 2. The van der Waals surface area contributed by atoms with Gasteiger partial charge in [0.05, 0.1) is 16.4 Å². The summed E-state index contributed by atoms with van der Waals surface area (Å²) in [6.45, 7) is 0. The number of anilines is 1. The van der Waals surface area contributed by atoms with Crippen molar-refractivity contribution < 1.29 is 4.79 Å². The molecule has 5 heteroatoms. The summed E-state index contributed by atoms with van der Waals surface area (Å²) in [6, 6.07) is 11.5. The quantitative estimate of drug-likeness (QED) is 0.779.